The normalized spacial score (nSPS) is 26.8. The number of amides is 3. The maximum Gasteiger partial charge on any atom is 0.312 e. The van der Waals surface area contributed by atoms with Crippen LogP contribution in [0.25, 0.3) is 0 Å². The van der Waals surface area contributed by atoms with Crippen LogP contribution < -0.4 is 10.2 Å². The van der Waals surface area contributed by atoms with Gasteiger partial charge in [0.15, 0.2) is 0 Å². The van der Waals surface area contributed by atoms with Crippen LogP contribution in [0.5, 0.6) is 0 Å². The average molecular weight is 723 g/mol. The van der Waals surface area contributed by atoms with Crippen LogP contribution in [0, 0.1) is 18.8 Å². The number of hydrogen-bond acceptors (Lipinski definition) is 7. The molecule has 12 heteroatoms. The van der Waals surface area contributed by atoms with Gasteiger partial charge in [0, 0.05) is 30.9 Å². The summed E-state index contributed by atoms with van der Waals surface area (Å²) in [7, 11) is 0. The Balaban J connectivity index is 1.65. The van der Waals surface area contributed by atoms with E-state index in [-0.39, 0.29) is 55.2 Å². The van der Waals surface area contributed by atoms with Crippen molar-refractivity contribution in [2.75, 3.05) is 31.1 Å². The van der Waals surface area contributed by atoms with Crippen molar-refractivity contribution in [1.29, 1.82) is 0 Å². The quantitative estimate of drug-likeness (QED) is 0.105. The molecule has 3 aliphatic rings. The lowest BCUT2D eigenvalue weighted by Gasteiger charge is -2.37. The molecule has 3 amide bonds. The van der Waals surface area contributed by atoms with E-state index in [4.69, 9.17) is 21.1 Å². The number of halogens is 2. The Labute approximate surface area is 284 Å². The number of hydrogen-bond donors (Lipinski definition) is 2. The number of rotatable bonds is 17. The first-order valence-corrected chi connectivity index (χ1v) is 17.3. The van der Waals surface area contributed by atoms with Crippen LogP contribution in [-0.2, 0) is 28.7 Å². The van der Waals surface area contributed by atoms with Gasteiger partial charge >= 0.3 is 5.97 Å². The number of benzene rings is 1. The van der Waals surface area contributed by atoms with Crippen molar-refractivity contribution in [1.82, 2.24) is 10.2 Å². The number of ether oxygens (including phenoxy) is 2. The number of likely N-dealkylation sites (tertiary alicyclic amines) is 1. The Morgan fingerprint density at radius 2 is 2.00 bits per heavy atom. The number of unbranched alkanes of at least 4 members (excludes halogenated alkanes) is 3. The fourth-order valence-corrected chi connectivity index (χ4v) is 8.36. The zero-order chi connectivity index (χ0) is 33.6. The number of aryl methyl sites for hydroxylation is 1. The average Bonchev–Trinajstić information content (AvgIpc) is 3.61. The Hall–Kier alpha value is -2.73. The lowest BCUT2D eigenvalue weighted by molar-refractivity contribution is -0.159. The molecular weight excluding hydrogens is 678 g/mol. The number of fused-ring (bicyclic) bond motifs is 1. The Bertz CT molecular complexity index is 1310. The van der Waals surface area contributed by atoms with Crippen molar-refractivity contribution >= 4 is 56.9 Å². The zero-order valence-electron chi connectivity index (χ0n) is 26.6. The minimum absolute atomic E-state index is 0.0885. The molecular formula is C34H45BrClN3O7. The van der Waals surface area contributed by atoms with Crippen LogP contribution in [0.15, 0.2) is 43.5 Å². The third-order valence-electron chi connectivity index (χ3n) is 9.12. The summed E-state index contributed by atoms with van der Waals surface area (Å²) in [5.41, 5.74) is 0.0594. The minimum Gasteiger partial charge on any atom is -0.460 e. The van der Waals surface area contributed by atoms with Gasteiger partial charge in [-0.25, -0.2) is 0 Å². The highest BCUT2D eigenvalue weighted by Crippen LogP contribution is 2.60. The number of alkyl halides is 1. The van der Waals surface area contributed by atoms with Gasteiger partial charge in [-0.1, -0.05) is 64.7 Å². The molecule has 3 saturated heterocycles. The number of allylic oxidation sites excluding steroid dienone is 1. The lowest BCUT2D eigenvalue weighted by atomic mass is 9.70. The van der Waals surface area contributed by atoms with E-state index in [1.54, 1.807) is 34.9 Å². The second-order valence-electron chi connectivity index (χ2n) is 12.4. The molecule has 1 aromatic rings. The number of nitrogens with zero attached hydrogens (tertiary/aromatic N) is 2. The number of anilines is 1. The van der Waals surface area contributed by atoms with Crippen molar-refractivity contribution in [2.24, 2.45) is 11.8 Å². The van der Waals surface area contributed by atoms with Gasteiger partial charge in [-0.15, -0.1) is 13.2 Å². The van der Waals surface area contributed by atoms with Crippen LogP contribution in [-0.4, -0.2) is 88.6 Å². The van der Waals surface area contributed by atoms with Crippen molar-refractivity contribution in [2.45, 2.75) is 87.5 Å². The molecule has 3 aliphatic heterocycles. The number of nitrogens with one attached hydrogen (secondary N) is 1. The predicted octanol–water partition coefficient (Wildman–Crippen LogP) is 4.48. The van der Waals surface area contributed by atoms with Gasteiger partial charge in [0.05, 0.1) is 35.2 Å². The van der Waals surface area contributed by atoms with Gasteiger partial charge in [-0.05, 0) is 51.2 Å². The molecule has 10 nitrogen and oxygen atoms in total. The molecule has 252 valence electrons. The number of aliphatic hydroxyl groups is 1. The smallest absolute Gasteiger partial charge is 0.312 e. The van der Waals surface area contributed by atoms with E-state index in [2.05, 4.69) is 34.4 Å². The second kappa shape index (κ2) is 15.9. The molecule has 2 N–H and O–H groups in total. The molecule has 1 unspecified atom stereocenters. The van der Waals surface area contributed by atoms with Crippen molar-refractivity contribution in [3.8, 4) is 0 Å². The highest BCUT2D eigenvalue weighted by molar-refractivity contribution is 9.09. The highest BCUT2D eigenvalue weighted by Gasteiger charge is 2.77. The first kappa shape index (κ1) is 36.1. The fraction of sp³-hybridized carbons (Fsp3) is 0.588. The molecule has 7 atom stereocenters. The van der Waals surface area contributed by atoms with Crippen LogP contribution in [0.3, 0.4) is 0 Å². The van der Waals surface area contributed by atoms with Gasteiger partial charge in [0.25, 0.3) is 5.91 Å². The third-order valence-corrected chi connectivity index (χ3v) is 10.3. The van der Waals surface area contributed by atoms with E-state index >= 15 is 0 Å². The molecule has 3 fully saturated rings. The summed E-state index contributed by atoms with van der Waals surface area (Å²) >= 11 is 10.3. The predicted molar refractivity (Wildman–Crippen MR) is 180 cm³/mol. The topological polar surface area (TPSA) is 125 Å². The van der Waals surface area contributed by atoms with Gasteiger partial charge in [-0.2, -0.15) is 0 Å². The number of carbonyl (C=O) groups is 4. The molecule has 0 aromatic heterocycles. The summed E-state index contributed by atoms with van der Waals surface area (Å²) < 4.78 is 12.4. The third kappa shape index (κ3) is 7.22. The molecule has 0 aliphatic carbocycles. The van der Waals surface area contributed by atoms with E-state index in [1.165, 1.54) is 0 Å². The second-order valence-corrected chi connectivity index (χ2v) is 13.9. The summed E-state index contributed by atoms with van der Waals surface area (Å²) in [6, 6.07) is 4.38. The Kier molecular flexibility index (Phi) is 12.5. The highest BCUT2D eigenvalue weighted by atomic mass is 79.9. The summed E-state index contributed by atoms with van der Waals surface area (Å²) in [5.74, 6) is -3.29. The summed E-state index contributed by atoms with van der Waals surface area (Å²) in [5, 5.41) is 12.4. The van der Waals surface area contributed by atoms with Crippen molar-refractivity contribution < 1.29 is 33.8 Å². The molecule has 4 rings (SSSR count). The molecule has 1 spiro atoms. The molecule has 0 saturated carbocycles. The number of carbonyl (C=O) groups excluding carboxylic acids is 4. The standard InChI is InChI=1S/C34H45BrClN3O7/c1-5-7-15-25(41)37-20-22(4)45-33(44)26-27-31(42)39(17-10-8-9-11-18-40)30(34(27)19-23(35)29(26)46-34)32(43)38(16-6-2)28-21(3)13-12-14-24(28)36/h5-6,12-14,22-23,26-27,29-30,40H,1-2,7-11,15-20H2,3-4H3,(H,37,41)/t22-,23?,26-,27+,29-,30-,34+/m0/s1. The van der Waals surface area contributed by atoms with Crippen LogP contribution >= 0.6 is 27.5 Å². The van der Waals surface area contributed by atoms with Gasteiger partial charge in [0.1, 0.15) is 17.7 Å². The SMILES string of the molecule is C=CCCC(=O)NC[C@H](C)OC(=O)[C@@H]1[C@H]2O[C@@]3(CC2Br)[C@H](C(=O)N(CC=C)c2c(C)cccc2Cl)N(CCCCCCO)C(=O)[C@@H]13. The molecule has 1 aromatic carbocycles. The van der Waals surface area contributed by atoms with E-state index < -0.39 is 41.7 Å². The zero-order valence-corrected chi connectivity index (χ0v) is 28.9. The summed E-state index contributed by atoms with van der Waals surface area (Å²) in [6.07, 6.45) is 5.94. The molecule has 3 heterocycles. The maximum absolute atomic E-state index is 14.8. The van der Waals surface area contributed by atoms with Crippen molar-refractivity contribution in [3.05, 3.63) is 54.1 Å². The number of aliphatic hydroxyl groups excluding tert-OH is 1. The minimum atomic E-state index is -1.27. The van der Waals surface area contributed by atoms with Gasteiger partial charge in [0.2, 0.25) is 11.8 Å². The molecule has 2 bridgehead atoms. The number of esters is 1. The van der Waals surface area contributed by atoms with E-state index in [9.17, 15) is 24.3 Å². The first-order valence-electron chi connectivity index (χ1n) is 16.0. The Morgan fingerprint density at radius 3 is 2.67 bits per heavy atom. The lowest BCUT2D eigenvalue weighted by Crippen LogP contribution is -2.57. The van der Waals surface area contributed by atoms with Crippen molar-refractivity contribution in [3.63, 3.8) is 0 Å². The largest absolute Gasteiger partial charge is 0.460 e. The summed E-state index contributed by atoms with van der Waals surface area (Å²) in [4.78, 5) is 57.9. The van der Waals surface area contributed by atoms with E-state index in [0.29, 0.717) is 36.4 Å². The summed E-state index contributed by atoms with van der Waals surface area (Å²) in [6.45, 7) is 11.7. The van der Waals surface area contributed by atoms with Gasteiger partial charge < -0.3 is 29.7 Å². The van der Waals surface area contributed by atoms with Crippen LogP contribution in [0.2, 0.25) is 5.02 Å². The van der Waals surface area contributed by atoms with Gasteiger partial charge in [-0.3, -0.25) is 19.2 Å². The maximum atomic E-state index is 14.8. The monoisotopic (exact) mass is 721 g/mol. The number of para-hydroxylation sites is 1. The van der Waals surface area contributed by atoms with E-state index in [0.717, 1.165) is 18.4 Å². The molecule has 46 heavy (non-hydrogen) atoms. The van der Waals surface area contributed by atoms with E-state index in [1.807, 2.05) is 19.1 Å². The van der Waals surface area contributed by atoms with Crippen LogP contribution in [0.1, 0.15) is 57.4 Å². The molecule has 0 radical (unpaired) electrons. The van der Waals surface area contributed by atoms with Crippen LogP contribution in [0.4, 0.5) is 5.69 Å². The Morgan fingerprint density at radius 1 is 1.26 bits per heavy atom. The fourth-order valence-electron chi connectivity index (χ4n) is 7.10. The first-order chi connectivity index (χ1) is 22.0.